The molecule has 2 unspecified atom stereocenters. The van der Waals surface area contributed by atoms with Gasteiger partial charge >= 0.3 is 0 Å². The van der Waals surface area contributed by atoms with Gasteiger partial charge in [-0.2, -0.15) is 0 Å². The van der Waals surface area contributed by atoms with E-state index in [0.717, 1.165) is 17.0 Å². The number of ether oxygens (including phenoxy) is 1. The Morgan fingerprint density at radius 1 is 1.19 bits per heavy atom. The molecule has 27 heavy (non-hydrogen) atoms. The first-order chi connectivity index (χ1) is 13.0. The molecule has 138 valence electrons. The molecule has 2 atom stereocenters. The molecule has 0 radical (unpaired) electrons. The number of hydrogen-bond donors (Lipinski definition) is 1. The Morgan fingerprint density at radius 2 is 2.00 bits per heavy atom. The molecule has 1 heterocycles. The van der Waals surface area contributed by atoms with Gasteiger partial charge in [0.15, 0.2) is 0 Å². The minimum Gasteiger partial charge on any atom is -0.456 e. The molecule has 6 rings (SSSR count). The van der Waals surface area contributed by atoms with Crippen LogP contribution in [0.25, 0.3) is 0 Å². The molecular weight excluding hydrogens is 378 g/mol. The van der Waals surface area contributed by atoms with Gasteiger partial charge in [0.05, 0.1) is 10.3 Å². The van der Waals surface area contributed by atoms with Gasteiger partial charge < -0.3 is 10.1 Å². The van der Waals surface area contributed by atoms with Crippen LogP contribution in [0.4, 0.5) is 4.79 Å². The summed E-state index contributed by atoms with van der Waals surface area (Å²) in [6.45, 7) is 6.09. The summed E-state index contributed by atoms with van der Waals surface area (Å²) in [6, 6.07) is 12.2. The second-order valence-electron chi connectivity index (χ2n) is 7.76. The number of halogens is 1. The predicted molar refractivity (Wildman–Crippen MR) is 110 cm³/mol. The Labute approximate surface area is 168 Å². The molecule has 1 saturated heterocycles. The predicted octanol–water partition coefficient (Wildman–Crippen LogP) is 6.37. The number of amides is 1. The van der Waals surface area contributed by atoms with Crippen LogP contribution in [0, 0.1) is 12.8 Å². The summed E-state index contributed by atoms with van der Waals surface area (Å²) < 4.78 is 6.07. The topological polar surface area (TPSA) is 38.3 Å². The monoisotopic (exact) mass is 397 g/mol. The van der Waals surface area contributed by atoms with Gasteiger partial charge in [0.2, 0.25) is 0 Å². The zero-order valence-corrected chi connectivity index (χ0v) is 16.6. The highest BCUT2D eigenvalue weighted by molar-refractivity contribution is 8.14. The van der Waals surface area contributed by atoms with Crippen molar-refractivity contribution in [2.45, 2.75) is 36.9 Å². The Morgan fingerprint density at radius 3 is 2.70 bits per heavy atom. The van der Waals surface area contributed by atoms with Crippen molar-refractivity contribution >= 4 is 28.6 Å². The molecule has 5 heteroatoms. The molecule has 1 amide bonds. The molecule has 4 aliphatic rings. The Balaban J connectivity index is 1.47. The van der Waals surface area contributed by atoms with Crippen LogP contribution in [0.2, 0.25) is 5.02 Å². The van der Waals surface area contributed by atoms with E-state index in [0.29, 0.717) is 28.5 Å². The summed E-state index contributed by atoms with van der Waals surface area (Å²) in [6.07, 6.45) is 2.37. The first-order valence-corrected chi connectivity index (χ1v) is 10.5. The average Bonchev–Trinajstić information content (AvgIpc) is 2.93. The lowest BCUT2D eigenvalue weighted by atomic mass is 9.56. The summed E-state index contributed by atoms with van der Waals surface area (Å²) in [5, 5.41) is 3.64. The van der Waals surface area contributed by atoms with Crippen LogP contribution in [0.5, 0.6) is 11.5 Å². The van der Waals surface area contributed by atoms with Crippen LogP contribution in [0.15, 0.2) is 48.7 Å². The van der Waals surface area contributed by atoms with Crippen molar-refractivity contribution in [2.75, 3.05) is 0 Å². The molecule has 0 aromatic heterocycles. The number of carbonyl (C=O) groups excluding carboxylic acids is 1. The zero-order chi connectivity index (χ0) is 18.7. The average molecular weight is 398 g/mol. The van der Waals surface area contributed by atoms with Crippen LogP contribution in [0.3, 0.4) is 0 Å². The number of hydrogen-bond acceptors (Lipinski definition) is 3. The first kappa shape index (κ1) is 17.2. The van der Waals surface area contributed by atoms with Crippen molar-refractivity contribution in [1.29, 1.82) is 0 Å². The summed E-state index contributed by atoms with van der Waals surface area (Å²) in [5.41, 5.74) is 4.66. The molecule has 2 aromatic carbocycles. The van der Waals surface area contributed by atoms with Crippen molar-refractivity contribution in [3.05, 3.63) is 70.4 Å². The minimum atomic E-state index is 0.0157. The smallest absolute Gasteiger partial charge is 0.283 e. The third kappa shape index (κ3) is 2.86. The normalized spacial score (nSPS) is 28.4. The maximum atomic E-state index is 11.8. The molecule has 1 N–H and O–H groups in total. The highest BCUT2D eigenvalue weighted by Gasteiger charge is 2.49. The molecule has 0 spiro atoms. The van der Waals surface area contributed by atoms with E-state index >= 15 is 0 Å². The highest BCUT2D eigenvalue weighted by Crippen LogP contribution is 2.60. The standard InChI is InChI=1S/C22H20ClNO2S/c1-11-3-6-19(18(23)7-11)26-15-4-5-16-17(10-15)13-8-14(9-13)20(16)21-12(2)24-22(25)27-21/h3-7,10,13-14,20-21H,2,8-9H2,1H3,(H,24,25). The SMILES string of the molecule is C=C1NC(=O)SC1C1c2ccc(Oc3ccc(C)cc3Cl)cc2C2CC1C2. The highest BCUT2D eigenvalue weighted by atomic mass is 35.5. The Hall–Kier alpha value is -1.91. The van der Waals surface area contributed by atoms with Gasteiger partial charge in [0, 0.05) is 11.6 Å². The van der Waals surface area contributed by atoms with Crippen molar-refractivity contribution < 1.29 is 9.53 Å². The van der Waals surface area contributed by atoms with Crippen LogP contribution < -0.4 is 10.1 Å². The summed E-state index contributed by atoms with van der Waals surface area (Å²) in [5.74, 6) is 3.08. The third-order valence-electron chi connectivity index (χ3n) is 6.02. The Bertz CT molecular complexity index is 967. The maximum Gasteiger partial charge on any atom is 0.283 e. The number of aryl methyl sites for hydroxylation is 1. The zero-order valence-electron chi connectivity index (χ0n) is 15.0. The van der Waals surface area contributed by atoms with Gasteiger partial charge in [-0.3, -0.25) is 4.79 Å². The molecule has 2 bridgehead atoms. The van der Waals surface area contributed by atoms with Gasteiger partial charge in [-0.05, 0) is 72.6 Å². The number of nitrogens with one attached hydrogen (secondary N) is 1. The summed E-state index contributed by atoms with van der Waals surface area (Å²) >= 11 is 7.71. The van der Waals surface area contributed by atoms with Crippen molar-refractivity contribution in [2.24, 2.45) is 5.92 Å². The number of thioether (sulfide) groups is 1. The lowest BCUT2D eigenvalue weighted by molar-refractivity contribution is 0.193. The fourth-order valence-electron chi connectivity index (χ4n) is 4.67. The van der Waals surface area contributed by atoms with E-state index in [1.54, 1.807) is 0 Å². The van der Waals surface area contributed by atoms with E-state index in [1.807, 2.05) is 31.2 Å². The van der Waals surface area contributed by atoms with Crippen LogP contribution in [0.1, 0.15) is 41.4 Å². The van der Waals surface area contributed by atoms with Gasteiger partial charge in [0.1, 0.15) is 11.5 Å². The molecule has 1 saturated carbocycles. The van der Waals surface area contributed by atoms with Crippen molar-refractivity contribution in [3.63, 3.8) is 0 Å². The molecule has 2 fully saturated rings. The van der Waals surface area contributed by atoms with E-state index in [-0.39, 0.29) is 10.5 Å². The number of benzene rings is 2. The van der Waals surface area contributed by atoms with E-state index in [4.69, 9.17) is 16.3 Å². The Kier molecular flexibility index (Phi) is 4.03. The van der Waals surface area contributed by atoms with Gasteiger partial charge in [-0.15, -0.1) is 0 Å². The van der Waals surface area contributed by atoms with E-state index in [2.05, 4.69) is 24.0 Å². The van der Waals surface area contributed by atoms with E-state index < -0.39 is 0 Å². The first-order valence-electron chi connectivity index (χ1n) is 9.24. The van der Waals surface area contributed by atoms with Gasteiger partial charge in [0.25, 0.3) is 5.24 Å². The second kappa shape index (κ2) is 6.32. The van der Waals surface area contributed by atoms with E-state index in [1.165, 1.54) is 35.7 Å². The minimum absolute atomic E-state index is 0.0157. The molecule has 2 aromatic rings. The van der Waals surface area contributed by atoms with Crippen LogP contribution in [-0.4, -0.2) is 10.5 Å². The quantitative estimate of drug-likeness (QED) is 0.653. The van der Waals surface area contributed by atoms with Crippen LogP contribution in [-0.2, 0) is 0 Å². The number of rotatable bonds is 3. The molecule has 3 aliphatic carbocycles. The van der Waals surface area contributed by atoms with Gasteiger partial charge in [-0.25, -0.2) is 0 Å². The van der Waals surface area contributed by atoms with Crippen molar-refractivity contribution in [1.82, 2.24) is 5.32 Å². The lowest BCUT2D eigenvalue weighted by Crippen LogP contribution is -2.39. The summed E-state index contributed by atoms with van der Waals surface area (Å²) in [4.78, 5) is 11.8. The lowest BCUT2D eigenvalue weighted by Gasteiger charge is -2.49. The molecule has 3 nitrogen and oxygen atoms in total. The fraction of sp³-hybridized carbons (Fsp3) is 0.318. The maximum absolute atomic E-state index is 11.8. The van der Waals surface area contributed by atoms with Crippen LogP contribution >= 0.6 is 23.4 Å². The summed E-state index contributed by atoms with van der Waals surface area (Å²) in [7, 11) is 0. The number of carbonyl (C=O) groups is 1. The third-order valence-corrected chi connectivity index (χ3v) is 7.46. The second-order valence-corrected chi connectivity index (χ2v) is 9.28. The van der Waals surface area contributed by atoms with Crippen molar-refractivity contribution in [3.8, 4) is 11.5 Å². The largest absolute Gasteiger partial charge is 0.456 e. The molecule has 1 aliphatic heterocycles. The van der Waals surface area contributed by atoms with Gasteiger partial charge in [-0.1, -0.05) is 42.1 Å². The fourth-order valence-corrected chi connectivity index (χ4v) is 6.08. The molecular formula is C22H20ClNO2S. The van der Waals surface area contributed by atoms with E-state index in [9.17, 15) is 4.79 Å².